The molecule has 1 N–H and O–H groups in total. The highest BCUT2D eigenvalue weighted by atomic mass is 35.5. The Kier molecular flexibility index (Phi) is 4.12. The van der Waals surface area contributed by atoms with E-state index in [9.17, 15) is 9.59 Å². The number of carbonyl (C=O) groups excluding carboxylic acids is 1. The highest BCUT2D eigenvalue weighted by Gasteiger charge is 2.11. The topological polar surface area (TPSA) is 64.0 Å². The first kappa shape index (κ1) is 15.2. The van der Waals surface area contributed by atoms with Crippen molar-refractivity contribution in [2.75, 3.05) is 5.32 Å². The fourth-order valence-electron chi connectivity index (χ4n) is 2.34. The molecule has 0 aliphatic carbocycles. The zero-order chi connectivity index (χ0) is 16.4. The van der Waals surface area contributed by atoms with Crippen molar-refractivity contribution >= 4 is 34.1 Å². The van der Waals surface area contributed by atoms with Crippen LogP contribution in [0.25, 0.3) is 10.9 Å². The van der Waals surface area contributed by atoms with Crippen molar-refractivity contribution < 1.29 is 4.79 Å². The number of amides is 1. The number of fused-ring (bicyclic) bond motifs is 1. The largest absolute Gasteiger partial charge is 0.325 e. The van der Waals surface area contributed by atoms with Crippen LogP contribution in [0.15, 0.2) is 53.3 Å². The van der Waals surface area contributed by atoms with Gasteiger partial charge in [-0.15, -0.1) is 0 Å². The van der Waals surface area contributed by atoms with E-state index in [1.165, 1.54) is 4.57 Å². The van der Waals surface area contributed by atoms with Crippen LogP contribution in [0.2, 0.25) is 5.02 Å². The fraction of sp³-hybridized carbons (Fsp3) is 0.118. The van der Waals surface area contributed by atoms with Gasteiger partial charge in [-0.3, -0.25) is 14.2 Å². The van der Waals surface area contributed by atoms with Crippen LogP contribution in [-0.2, 0) is 11.3 Å². The maximum absolute atomic E-state index is 12.5. The molecule has 0 atom stereocenters. The average Bonchev–Trinajstić information content (AvgIpc) is 2.54. The van der Waals surface area contributed by atoms with E-state index >= 15 is 0 Å². The molecule has 0 saturated carbocycles. The molecule has 3 rings (SSSR count). The van der Waals surface area contributed by atoms with E-state index in [2.05, 4.69) is 10.3 Å². The summed E-state index contributed by atoms with van der Waals surface area (Å²) in [6, 6.07) is 13.9. The highest BCUT2D eigenvalue weighted by Crippen LogP contribution is 2.13. The molecule has 0 aliphatic heterocycles. The van der Waals surface area contributed by atoms with Gasteiger partial charge in [-0.2, -0.15) is 0 Å². The molecule has 5 nitrogen and oxygen atoms in total. The third-order valence-electron chi connectivity index (χ3n) is 3.48. The number of nitrogens with one attached hydrogen (secondary N) is 1. The number of carbonyl (C=O) groups is 1. The smallest absolute Gasteiger partial charge is 0.261 e. The highest BCUT2D eigenvalue weighted by molar-refractivity contribution is 6.30. The second kappa shape index (κ2) is 6.22. The van der Waals surface area contributed by atoms with Gasteiger partial charge in [0, 0.05) is 10.7 Å². The van der Waals surface area contributed by atoms with Crippen molar-refractivity contribution in [3.63, 3.8) is 0 Å². The Morgan fingerprint density at radius 2 is 1.87 bits per heavy atom. The summed E-state index contributed by atoms with van der Waals surface area (Å²) in [5, 5.41) is 3.82. The summed E-state index contributed by atoms with van der Waals surface area (Å²) in [5.74, 6) is 0.203. The quantitative estimate of drug-likeness (QED) is 0.804. The lowest BCUT2D eigenvalue weighted by atomic mass is 10.2. The van der Waals surface area contributed by atoms with Crippen molar-refractivity contribution in [1.82, 2.24) is 9.55 Å². The van der Waals surface area contributed by atoms with Crippen LogP contribution in [0.1, 0.15) is 5.82 Å². The van der Waals surface area contributed by atoms with Crippen LogP contribution in [0.4, 0.5) is 5.69 Å². The molecule has 0 aliphatic rings. The van der Waals surface area contributed by atoms with Gasteiger partial charge >= 0.3 is 0 Å². The Morgan fingerprint density at radius 3 is 2.61 bits per heavy atom. The first-order valence-corrected chi connectivity index (χ1v) is 7.44. The lowest BCUT2D eigenvalue weighted by Crippen LogP contribution is -2.30. The predicted molar refractivity (Wildman–Crippen MR) is 90.8 cm³/mol. The number of halogens is 1. The zero-order valence-electron chi connectivity index (χ0n) is 12.4. The second-order valence-electron chi connectivity index (χ2n) is 5.12. The van der Waals surface area contributed by atoms with Gasteiger partial charge in [0.2, 0.25) is 5.91 Å². The number of anilines is 1. The molecular weight excluding hydrogens is 314 g/mol. The molecule has 0 radical (unpaired) electrons. The van der Waals surface area contributed by atoms with Crippen molar-refractivity contribution in [1.29, 1.82) is 0 Å². The van der Waals surface area contributed by atoms with Gasteiger partial charge in [-0.05, 0) is 43.3 Å². The molecule has 23 heavy (non-hydrogen) atoms. The summed E-state index contributed by atoms with van der Waals surface area (Å²) >= 11 is 5.81. The Morgan fingerprint density at radius 1 is 1.17 bits per heavy atom. The van der Waals surface area contributed by atoms with Crippen LogP contribution in [0.3, 0.4) is 0 Å². The van der Waals surface area contributed by atoms with E-state index in [1.54, 1.807) is 49.4 Å². The molecule has 6 heteroatoms. The normalized spacial score (nSPS) is 10.7. The van der Waals surface area contributed by atoms with Crippen LogP contribution < -0.4 is 10.9 Å². The van der Waals surface area contributed by atoms with E-state index < -0.39 is 0 Å². The minimum absolute atomic E-state index is 0.0921. The number of rotatable bonds is 3. The van der Waals surface area contributed by atoms with E-state index in [0.717, 1.165) is 0 Å². The Bertz CT molecular complexity index is 933. The van der Waals surface area contributed by atoms with Gasteiger partial charge < -0.3 is 5.32 Å². The van der Waals surface area contributed by atoms with Gasteiger partial charge in [-0.1, -0.05) is 23.7 Å². The van der Waals surface area contributed by atoms with E-state index in [-0.39, 0.29) is 18.0 Å². The number of hydrogen-bond acceptors (Lipinski definition) is 3. The molecule has 1 amide bonds. The summed E-state index contributed by atoms with van der Waals surface area (Å²) in [6.45, 7) is 1.62. The summed E-state index contributed by atoms with van der Waals surface area (Å²) in [6.07, 6.45) is 0. The van der Waals surface area contributed by atoms with Gasteiger partial charge in [0.25, 0.3) is 5.56 Å². The Labute approximate surface area is 137 Å². The van der Waals surface area contributed by atoms with Crippen molar-refractivity contribution in [2.45, 2.75) is 13.5 Å². The standard InChI is InChI=1S/C17H14ClN3O2/c1-11-19-15-5-3-2-4-14(15)17(23)21(11)10-16(22)20-13-8-6-12(18)7-9-13/h2-9H,10H2,1H3,(H,20,22). The summed E-state index contributed by atoms with van der Waals surface area (Å²) < 4.78 is 1.37. The minimum atomic E-state index is -0.297. The molecule has 116 valence electrons. The zero-order valence-corrected chi connectivity index (χ0v) is 13.2. The Hall–Kier alpha value is -2.66. The van der Waals surface area contributed by atoms with Crippen LogP contribution in [-0.4, -0.2) is 15.5 Å². The molecule has 0 unspecified atom stereocenters. The van der Waals surface area contributed by atoms with Gasteiger partial charge in [-0.25, -0.2) is 4.98 Å². The van der Waals surface area contributed by atoms with Gasteiger partial charge in [0.05, 0.1) is 10.9 Å². The maximum Gasteiger partial charge on any atom is 0.261 e. The molecule has 1 aromatic heterocycles. The molecular formula is C17H14ClN3O2. The first-order valence-electron chi connectivity index (χ1n) is 7.06. The van der Waals surface area contributed by atoms with E-state index in [1.807, 2.05) is 6.07 Å². The number of para-hydroxylation sites is 1. The number of aromatic nitrogens is 2. The van der Waals surface area contributed by atoms with Crippen LogP contribution in [0.5, 0.6) is 0 Å². The predicted octanol–water partition coefficient (Wildman–Crippen LogP) is 3.00. The molecule has 2 aromatic carbocycles. The summed E-state index contributed by atoms with van der Waals surface area (Å²) in [4.78, 5) is 29.1. The SMILES string of the molecule is Cc1nc2ccccc2c(=O)n1CC(=O)Nc1ccc(Cl)cc1. The van der Waals surface area contributed by atoms with Crippen molar-refractivity contribution in [2.24, 2.45) is 0 Å². The monoisotopic (exact) mass is 327 g/mol. The van der Waals surface area contributed by atoms with Crippen LogP contribution >= 0.6 is 11.6 Å². The van der Waals surface area contributed by atoms with E-state index in [4.69, 9.17) is 11.6 Å². The summed E-state index contributed by atoms with van der Waals surface area (Å²) in [5.41, 5.74) is 1.03. The lowest BCUT2D eigenvalue weighted by Gasteiger charge is -2.11. The number of aryl methyl sites for hydroxylation is 1. The molecule has 0 saturated heterocycles. The Balaban J connectivity index is 1.87. The van der Waals surface area contributed by atoms with Crippen molar-refractivity contribution in [3.8, 4) is 0 Å². The van der Waals surface area contributed by atoms with Gasteiger partial charge in [0.15, 0.2) is 0 Å². The third-order valence-corrected chi connectivity index (χ3v) is 3.73. The third kappa shape index (κ3) is 3.24. The maximum atomic E-state index is 12.5. The van der Waals surface area contributed by atoms with E-state index in [0.29, 0.717) is 27.4 Å². The van der Waals surface area contributed by atoms with Gasteiger partial charge in [0.1, 0.15) is 12.4 Å². The van der Waals surface area contributed by atoms with Crippen LogP contribution in [0, 0.1) is 6.92 Å². The first-order chi connectivity index (χ1) is 11.0. The molecule has 3 aromatic rings. The minimum Gasteiger partial charge on any atom is -0.325 e. The number of nitrogens with zero attached hydrogens (tertiary/aromatic N) is 2. The van der Waals surface area contributed by atoms with Crippen molar-refractivity contribution in [3.05, 3.63) is 69.7 Å². The molecule has 1 heterocycles. The molecule has 0 bridgehead atoms. The fourth-order valence-corrected chi connectivity index (χ4v) is 2.47. The summed E-state index contributed by atoms with van der Waals surface area (Å²) in [7, 11) is 0. The average molecular weight is 328 g/mol. The molecule has 0 spiro atoms. The second-order valence-corrected chi connectivity index (χ2v) is 5.56. The number of benzene rings is 2. The lowest BCUT2D eigenvalue weighted by molar-refractivity contribution is -0.116. The number of hydrogen-bond donors (Lipinski definition) is 1. The molecule has 0 fully saturated rings.